The highest BCUT2D eigenvalue weighted by atomic mass is 32.2. The van der Waals surface area contributed by atoms with Gasteiger partial charge in [-0.2, -0.15) is 11.8 Å². The van der Waals surface area contributed by atoms with Crippen molar-refractivity contribution in [1.29, 1.82) is 0 Å². The van der Waals surface area contributed by atoms with Gasteiger partial charge in [-0.25, -0.2) is 4.79 Å². The summed E-state index contributed by atoms with van der Waals surface area (Å²) in [5.41, 5.74) is 5.99. The Morgan fingerprint density at radius 1 is 0.889 bits per heavy atom. The minimum absolute atomic E-state index is 0.0193. The quantitative estimate of drug-likeness (QED) is 0.122. The zero-order valence-electron chi connectivity index (χ0n) is 19.7. The monoisotopic (exact) mass is 528 g/mol. The third-order valence-electron chi connectivity index (χ3n) is 5.05. The number of aliphatic hydroxyl groups excluding tert-OH is 1. The largest absolute Gasteiger partial charge is 0.508 e. The normalized spacial score (nSPS) is 14.1. The molecule has 0 saturated heterocycles. The van der Waals surface area contributed by atoms with E-state index in [-0.39, 0.29) is 25.0 Å². The lowest BCUT2D eigenvalue weighted by Crippen LogP contribution is -2.57. The average molecular weight is 529 g/mol. The number of hydrogen-bond acceptors (Lipinski definition) is 9. The van der Waals surface area contributed by atoms with Crippen LogP contribution in [0, 0.1) is 0 Å². The highest BCUT2D eigenvalue weighted by Gasteiger charge is 2.30. The SMILES string of the molecule is CSCCC(NC(=O)C(N)CO)C(=O)NC(CCC(=O)O)C(=O)NC(Cc1ccc(O)cc1)C(=O)O. The summed E-state index contributed by atoms with van der Waals surface area (Å²) in [6.07, 6.45) is 0.970. The summed E-state index contributed by atoms with van der Waals surface area (Å²) in [6.45, 7) is -0.649. The van der Waals surface area contributed by atoms with E-state index in [1.54, 1.807) is 6.26 Å². The number of aromatic hydroxyl groups is 1. The number of carboxylic acid groups (broad SMARTS) is 2. The number of amides is 3. The summed E-state index contributed by atoms with van der Waals surface area (Å²) >= 11 is 1.39. The number of carboxylic acids is 2. The third kappa shape index (κ3) is 10.9. The van der Waals surface area contributed by atoms with E-state index in [1.807, 2.05) is 0 Å². The first kappa shape index (κ1) is 30.7. The standard InChI is InChI=1S/C22H32N4O9S/c1-36-9-8-16(24-19(31)14(23)11-27)21(33)25-15(6-7-18(29)30)20(32)26-17(22(34)35)10-12-2-4-13(28)5-3-12/h2-5,14-17,27-28H,6-11,23H2,1H3,(H,24,31)(H,25,33)(H,26,32)(H,29,30)(H,34,35). The van der Waals surface area contributed by atoms with Crippen molar-refractivity contribution in [2.45, 2.75) is 49.9 Å². The average Bonchev–Trinajstić information content (AvgIpc) is 2.83. The molecular weight excluding hydrogens is 496 g/mol. The van der Waals surface area contributed by atoms with Gasteiger partial charge in [0.05, 0.1) is 6.61 Å². The van der Waals surface area contributed by atoms with E-state index < -0.39 is 66.9 Å². The molecule has 36 heavy (non-hydrogen) atoms. The second-order valence-electron chi connectivity index (χ2n) is 7.90. The van der Waals surface area contributed by atoms with Crippen molar-refractivity contribution in [2.24, 2.45) is 5.73 Å². The Balaban J connectivity index is 3.02. The number of aliphatic hydroxyl groups is 1. The minimum atomic E-state index is -1.41. The van der Waals surface area contributed by atoms with Gasteiger partial charge < -0.3 is 42.1 Å². The number of benzene rings is 1. The van der Waals surface area contributed by atoms with Gasteiger partial charge in [0.25, 0.3) is 0 Å². The van der Waals surface area contributed by atoms with Crippen LogP contribution in [-0.4, -0.2) is 92.9 Å². The number of thioether (sulfide) groups is 1. The fourth-order valence-corrected chi connectivity index (χ4v) is 3.49. The van der Waals surface area contributed by atoms with Crippen LogP contribution >= 0.6 is 11.8 Å². The molecule has 0 aromatic heterocycles. The van der Waals surface area contributed by atoms with Crippen LogP contribution in [0.2, 0.25) is 0 Å². The van der Waals surface area contributed by atoms with Gasteiger partial charge in [-0.05, 0) is 42.5 Å². The lowest BCUT2D eigenvalue weighted by molar-refractivity contribution is -0.143. The fraction of sp³-hybridized carbons (Fsp3) is 0.500. The number of nitrogens with one attached hydrogen (secondary N) is 3. The van der Waals surface area contributed by atoms with Gasteiger partial charge in [-0.3, -0.25) is 19.2 Å². The van der Waals surface area contributed by atoms with Crippen LogP contribution in [0.5, 0.6) is 5.75 Å². The second-order valence-corrected chi connectivity index (χ2v) is 8.88. The minimum Gasteiger partial charge on any atom is -0.508 e. The van der Waals surface area contributed by atoms with Crippen molar-refractivity contribution in [3.05, 3.63) is 29.8 Å². The van der Waals surface area contributed by atoms with E-state index in [9.17, 15) is 34.2 Å². The van der Waals surface area contributed by atoms with Crippen LogP contribution in [0.3, 0.4) is 0 Å². The molecule has 0 bridgehead atoms. The third-order valence-corrected chi connectivity index (χ3v) is 5.69. The van der Waals surface area contributed by atoms with Crippen molar-refractivity contribution < 1.29 is 44.4 Å². The van der Waals surface area contributed by atoms with Crippen LogP contribution in [-0.2, 0) is 30.4 Å². The highest BCUT2D eigenvalue weighted by molar-refractivity contribution is 7.98. The van der Waals surface area contributed by atoms with Crippen LogP contribution in [0.15, 0.2) is 24.3 Å². The summed E-state index contributed by atoms with van der Waals surface area (Å²) in [4.78, 5) is 60.7. The molecule has 14 heteroatoms. The molecule has 0 spiro atoms. The molecule has 13 nitrogen and oxygen atoms in total. The van der Waals surface area contributed by atoms with Crippen molar-refractivity contribution in [1.82, 2.24) is 16.0 Å². The number of rotatable bonds is 16. The number of phenolic OH excluding ortho intramolecular Hbond substituents is 1. The van der Waals surface area contributed by atoms with Gasteiger partial charge in [0.2, 0.25) is 17.7 Å². The van der Waals surface area contributed by atoms with Crippen molar-refractivity contribution in [3.8, 4) is 5.75 Å². The summed E-state index contributed by atoms with van der Waals surface area (Å²) in [6, 6.07) is 0.479. The van der Waals surface area contributed by atoms with Crippen LogP contribution in [0.25, 0.3) is 0 Å². The van der Waals surface area contributed by atoms with E-state index in [1.165, 1.54) is 36.0 Å². The molecular formula is C22H32N4O9S. The zero-order valence-corrected chi connectivity index (χ0v) is 20.5. The molecule has 4 atom stereocenters. The van der Waals surface area contributed by atoms with E-state index in [4.69, 9.17) is 15.9 Å². The number of hydrogen-bond donors (Lipinski definition) is 8. The van der Waals surface area contributed by atoms with Gasteiger partial charge in [0.15, 0.2) is 0 Å². The Morgan fingerprint density at radius 2 is 1.42 bits per heavy atom. The smallest absolute Gasteiger partial charge is 0.326 e. The first-order chi connectivity index (χ1) is 17.0. The maximum atomic E-state index is 12.9. The molecule has 4 unspecified atom stereocenters. The van der Waals surface area contributed by atoms with Gasteiger partial charge in [-0.1, -0.05) is 12.1 Å². The predicted octanol–water partition coefficient (Wildman–Crippen LogP) is -1.59. The highest BCUT2D eigenvalue weighted by Crippen LogP contribution is 2.12. The van der Waals surface area contributed by atoms with Crippen molar-refractivity contribution in [2.75, 3.05) is 18.6 Å². The maximum Gasteiger partial charge on any atom is 0.326 e. The maximum absolute atomic E-state index is 12.9. The first-order valence-corrected chi connectivity index (χ1v) is 12.4. The molecule has 0 aliphatic rings. The molecule has 9 N–H and O–H groups in total. The fourth-order valence-electron chi connectivity index (χ4n) is 3.02. The van der Waals surface area contributed by atoms with Crippen LogP contribution in [0.4, 0.5) is 0 Å². The molecule has 3 amide bonds. The lowest BCUT2D eigenvalue weighted by atomic mass is 10.0. The molecule has 0 aliphatic carbocycles. The van der Waals surface area contributed by atoms with Crippen molar-refractivity contribution >= 4 is 41.4 Å². The van der Waals surface area contributed by atoms with Gasteiger partial charge >= 0.3 is 11.9 Å². The molecule has 1 rings (SSSR count). The van der Waals surface area contributed by atoms with Gasteiger partial charge in [0.1, 0.15) is 29.9 Å². The second kappa shape index (κ2) is 15.6. The Morgan fingerprint density at radius 3 is 1.92 bits per heavy atom. The number of nitrogens with two attached hydrogens (primary N) is 1. The summed E-state index contributed by atoms with van der Waals surface area (Å²) in [5, 5.41) is 44.1. The first-order valence-electron chi connectivity index (χ1n) is 11.0. The number of phenols is 1. The Kier molecular flexibility index (Phi) is 13.3. The number of aliphatic carboxylic acids is 2. The molecule has 0 fully saturated rings. The van der Waals surface area contributed by atoms with E-state index in [0.29, 0.717) is 11.3 Å². The van der Waals surface area contributed by atoms with E-state index in [2.05, 4.69) is 16.0 Å². The predicted molar refractivity (Wildman–Crippen MR) is 130 cm³/mol. The molecule has 0 heterocycles. The lowest BCUT2D eigenvalue weighted by Gasteiger charge is -2.25. The van der Waals surface area contributed by atoms with E-state index >= 15 is 0 Å². The summed E-state index contributed by atoms with van der Waals surface area (Å²) < 4.78 is 0. The molecule has 0 saturated carbocycles. The van der Waals surface area contributed by atoms with Crippen LogP contribution < -0.4 is 21.7 Å². The Hall–Kier alpha value is -3.36. The Bertz CT molecular complexity index is 913. The molecule has 1 aromatic rings. The summed E-state index contributed by atoms with van der Waals surface area (Å²) in [7, 11) is 0. The zero-order chi connectivity index (χ0) is 27.3. The number of carbonyl (C=O) groups excluding carboxylic acids is 3. The van der Waals surface area contributed by atoms with Crippen LogP contribution in [0.1, 0.15) is 24.8 Å². The topological polar surface area (TPSA) is 228 Å². The van der Waals surface area contributed by atoms with Gasteiger partial charge in [-0.15, -0.1) is 0 Å². The summed E-state index contributed by atoms with van der Waals surface area (Å²) in [5.74, 6) is -4.66. The van der Waals surface area contributed by atoms with E-state index in [0.717, 1.165) is 0 Å². The molecule has 0 aliphatic heterocycles. The van der Waals surface area contributed by atoms with Crippen molar-refractivity contribution in [3.63, 3.8) is 0 Å². The van der Waals surface area contributed by atoms with Gasteiger partial charge in [0, 0.05) is 12.8 Å². The molecule has 0 radical (unpaired) electrons. The number of carbonyl (C=O) groups is 5. The molecule has 200 valence electrons. The Labute approximate surface area is 211 Å². The molecule has 1 aromatic carbocycles.